The van der Waals surface area contributed by atoms with Crippen LogP contribution >= 0.6 is 0 Å². The molecule has 1 saturated heterocycles. The van der Waals surface area contributed by atoms with Crippen LogP contribution in [0.2, 0.25) is 0 Å². The first-order chi connectivity index (χ1) is 10.1. The van der Waals surface area contributed by atoms with Gasteiger partial charge in [-0.05, 0) is 36.5 Å². The molecule has 1 atom stereocenters. The van der Waals surface area contributed by atoms with Crippen molar-refractivity contribution in [1.29, 1.82) is 0 Å². The van der Waals surface area contributed by atoms with Crippen LogP contribution in [0.1, 0.15) is 38.2 Å². The number of rotatable bonds is 7. The van der Waals surface area contributed by atoms with E-state index in [1.165, 1.54) is 5.56 Å². The highest BCUT2D eigenvalue weighted by Gasteiger charge is 2.14. The summed E-state index contributed by atoms with van der Waals surface area (Å²) in [4.78, 5) is 0. The summed E-state index contributed by atoms with van der Waals surface area (Å²) in [6, 6.07) is 8.54. The van der Waals surface area contributed by atoms with Crippen molar-refractivity contribution in [2.75, 3.05) is 26.4 Å². The molecule has 0 saturated carbocycles. The highest BCUT2D eigenvalue weighted by atomic mass is 16.5. The molecule has 1 fully saturated rings. The van der Waals surface area contributed by atoms with Gasteiger partial charge in [0.15, 0.2) is 0 Å². The van der Waals surface area contributed by atoms with E-state index < -0.39 is 6.10 Å². The van der Waals surface area contributed by atoms with E-state index in [0.717, 1.165) is 31.8 Å². The van der Waals surface area contributed by atoms with Crippen LogP contribution in [0.25, 0.3) is 0 Å². The summed E-state index contributed by atoms with van der Waals surface area (Å²) in [6.45, 7) is 6.84. The Labute approximate surface area is 127 Å². The minimum atomic E-state index is -0.488. The van der Waals surface area contributed by atoms with E-state index in [1.54, 1.807) is 0 Å². The van der Waals surface area contributed by atoms with E-state index in [0.29, 0.717) is 25.1 Å². The number of hydrogen-bond donors (Lipinski definition) is 2. The van der Waals surface area contributed by atoms with Crippen molar-refractivity contribution in [2.45, 2.75) is 44.8 Å². The molecule has 1 unspecified atom stereocenters. The predicted molar refractivity (Wildman–Crippen MR) is 83.9 cm³/mol. The molecule has 1 aromatic carbocycles. The fourth-order valence-electron chi connectivity index (χ4n) is 2.40. The highest BCUT2D eigenvalue weighted by molar-refractivity contribution is 5.28. The fraction of sp³-hybridized carbons (Fsp3) is 0.647. The Balaban J connectivity index is 1.66. The van der Waals surface area contributed by atoms with Gasteiger partial charge in [0.25, 0.3) is 0 Å². The van der Waals surface area contributed by atoms with Crippen molar-refractivity contribution in [3.63, 3.8) is 0 Å². The molecule has 21 heavy (non-hydrogen) atoms. The minimum absolute atomic E-state index is 0.317. The van der Waals surface area contributed by atoms with Gasteiger partial charge < -0.3 is 19.9 Å². The van der Waals surface area contributed by atoms with Gasteiger partial charge in [0.05, 0.1) is 0 Å². The quantitative estimate of drug-likeness (QED) is 0.810. The lowest BCUT2D eigenvalue weighted by Gasteiger charge is -2.24. The van der Waals surface area contributed by atoms with E-state index in [-0.39, 0.29) is 0 Å². The smallest absolute Gasteiger partial charge is 0.119 e. The molecule has 0 aliphatic carbocycles. The summed E-state index contributed by atoms with van der Waals surface area (Å²) in [5.41, 5.74) is 1.30. The van der Waals surface area contributed by atoms with Crippen molar-refractivity contribution in [3.8, 4) is 5.75 Å². The number of nitrogens with one attached hydrogen (secondary N) is 1. The molecule has 1 aliphatic rings. The Morgan fingerprint density at radius 1 is 1.24 bits per heavy atom. The molecule has 2 rings (SSSR count). The molecule has 0 amide bonds. The van der Waals surface area contributed by atoms with Gasteiger partial charge in [-0.3, -0.25) is 0 Å². The van der Waals surface area contributed by atoms with Crippen LogP contribution in [-0.4, -0.2) is 43.6 Å². The monoisotopic (exact) mass is 293 g/mol. The molecule has 1 aromatic rings. The molecule has 2 N–H and O–H groups in total. The van der Waals surface area contributed by atoms with E-state index in [9.17, 15) is 5.11 Å². The largest absolute Gasteiger partial charge is 0.491 e. The third kappa shape index (κ3) is 5.65. The maximum Gasteiger partial charge on any atom is 0.119 e. The van der Waals surface area contributed by atoms with Crippen molar-refractivity contribution in [2.24, 2.45) is 0 Å². The summed E-state index contributed by atoms with van der Waals surface area (Å²) in [5, 5.41) is 13.3. The third-order valence-corrected chi connectivity index (χ3v) is 3.85. The first-order valence-electron chi connectivity index (χ1n) is 7.87. The van der Waals surface area contributed by atoms with Crippen molar-refractivity contribution >= 4 is 0 Å². The maximum absolute atomic E-state index is 9.97. The van der Waals surface area contributed by atoms with Gasteiger partial charge in [-0.2, -0.15) is 0 Å². The Morgan fingerprint density at radius 2 is 1.90 bits per heavy atom. The SMILES string of the molecule is CC(C)c1ccc(OCC(O)CNC2CCOCC2)cc1. The topological polar surface area (TPSA) is 50.7 Å². The highest BCUT2D eigenvalue weighted by Crippen LogP contribution is 2.18. The number of aliphatic hydroxyl groups is 1. The maximum atomic E-state index is 9.97. The molecule has 0 bridgehead atoms. The predicted octanol–water partition coefficient (Wildman–Crippen LogP) is 2.32. The second kappa shape index (κ2) is 8.37. The number of hydrogen-bond acceptors (Lipinski definition) is 4. The number of ether oxygens (including phenoxy) is 2. The van der Waals surface area contributed by atoms with E-state index >= 15 is 0 Å². The first-order valence-corrected chi connectivity index (χ1v) is 7.87. The van der Waals surface area contributed by atoms with Crippen LogP contribution in [-0.2, 0) is 4.74 Å². The summed E-state index contributed by atoms with van der Waals surface area (Å²) >= 11 is 0. The minimum Gasteiger partial charge on any atom is -0.491 e. The summed E-state index contributed by atoms with van der Waals surface area (Å²) in [5.74, 6) is 1.33. The van der Waals surface area contributed by atoms with Crippen LogP contribution in [0.5, 0.6) is 5.75 Å². The normalized spacial score (nSPS) is 17.9. The molecule has 1 aliphatic heterocycles. The lowest BCUT2D eigenvalue weighted by atomic mass is 10.0. The van der Waals surface area contributed by atoms with Crippen LogP contribution in [0, 0.1) is 0 Å². The zero-order chi connectivity index (χ0) is 15.1. The van der Waals surface area contributed by atoms with Gasteiger partial charge in [-0.1, -0.05) is 26.0 Å². The Kier molecular flexibility index (Phi) is 6.49. The van der Waals surface area contributed by atoms with E-state index in [1.807, 2.05) is 12.1 Å². The average molecular weight is 293 g/mol. The lowest BCUT2D eigenvalue weighted by molar-refractivity contribution is 0.0655. The molecule has 118 valence electrons. The molecule has 1 heterocycles. The average Bonchev–Trinajstić information content (AvgIpc) is 2.52. The van der Waals surface area contributed by atoms with E-state index in [4.69, 9.17) is 9.47 Å². The summed E-state index contributed by atoms with van der Waals surface area (Å²) in [6.07, 6.45) is 1.55. The first kappa shape index (κ1) is 16.3. The standard InChI is InChI=1S/C17H27NO3/c1-13(2)14-3-5-17(6-4-14)21-12-16(19)11-18-15-7-9-20-10-8-15/h3-6,13,15-16,18-19H,7-12H2,1-2H3. The molecule has 0 spiro atoms. The molecular formula is C17H27NO3. The molecule has 4 nitrogen and oxygen atoms in total. The summed E-state index contributed by atoms with van der Waals surface area (Å²) in [7, 11) is 0. The van der Waals surface area contributed by atoms with Gasteiger partial charge in [-0.25, -0.2) is 0 Å². The Morgan fingerprint density at radius 3 is 2.52 bits per heavy atom. The van der Waals surface area contributed by atoms with Crippen molar-refractivity contribution in [1.82, 2.24) is 5.32 Å². The van der Waals surface area contributed by atoms with Crippen LogP contribution in [0.4, 0.5) is 0 Å². The van der Waals surface area contributed by atoms with Crippen molar-refractivity contribution in [3.05, 3.63) is 29.8 Å². The Hall–Kier alpha value is -1.10. The third-order valence-electron chi connectivity index (χ3n) is 3.85. The Bertz CT molecular complexity index is 399. The lowest BCUT2D eigenvalue weighted by Crippen LogP contribution is -2.40. The molecule has 0 aromatic heterocycles. The van der Waals surface area contributed by atoms with Gasteiger partial charge in [-0.15, -0.1) is 0 Å². The van der Waals surface area contributed by atoms with Crippen LogP contribution in [0.3, 0.4) is 0 Å². The van der Waals surface area contributed by atoms with Crippen molar-refractivity contribution < 1.29 is 14.6 Å². The molecule has 0 radical (unpaired) electrons. The zero-order valence-electron chi connectivity index (χ0n) is 13.0. The molecule has 4 heteroatoms. The number of benzene rings is 1. The van der Waals surface area contributed by atoms with Crippen LogP contribution in [0.15, 0.2) is 24.3 Å². The van der Waals surface area contributed by atoms with E-state index in [2.05, 4.69) is 31.3 Å². The zero-order valence-corrected chi connectivity index (χ0v) is 13.0. The van der Waals surface area contributed by atoms with Gasteiger partial charge in [0.2, 0.25) is 0 Å². The number of aliphatic hydroxyl groups excluding tert-OH is 1. The van der Waals surface area contributed by atoms with Crippen LogP contribution < -0.4 is 10.1 Å². The molecular weight excluding hydrogens is 266 g/mol. The second-order valence-electron chi connectivity index (χ2n) is 5.98. The fourth-order valence-corrected chi connectivity index (χ4v) is 2.40. The van der Waals surface area contributed by atoms with Gasteiger partial charge in [0, 0.05) is 25.8 Å². The van der Waals surface area contributed by atoms with Gasteiger partial charge >= 0.3 is 0 Å². The van der Waals surface area contributed by atoms with Gasteiger partial charge in [0.1, 0.15) is 18.5 Å². The second-order valence-corrected chi connectivity index (χ2v) is 5.98. The summed E-state index contributed by atoms with van der Waals surface area (Å²) < 4.78 is 10.9.